The van der Waals surface area contributed by atoms with Crippen LogP contribution in [0.3, 0.4) is 0 Å². The Balaban J connectivity index is 2.56. The molecular weight excluding hydrogens is 289 g/mol. The van der Waals surface area contributed by atoms with Gasteiger partial charge >= 0.3 is 6.18 Å². The molecule has 2 aromatic rings. The molecule has 0 spiro atoms. The summed E-state index contributed by atoms with van der Waals surface area (Å²) in [4.78, 5) is 0. The predicted molar refractivity (Wildman–Crippen MR) is 79.9 cm³/mol. The second-order valence-electron chi connectivity index (χ2n) is 6.00. The summed E-state index contributed by atoms with van der Waals surface area (Å²) >= 11 is 0. The summed E-state index contributed by atoms with van der Waals surface area (Å²) in [5.41, 5.74) is 1.04. The Labute approximate surface area is 127 Å². The smallest absolute Gasteiger partial charge is 0.372 e. The molecule has 0 fully saturated rings. The van der Waals surface area contributed by atoms with E-state index in [2.05, 4.69) is 0 Å². The van der Waals surface area contributed by atoms with Crippen LogP contribution in [0.15, 0.2) is 24.3 Å². The molecule has 0 aliphatic heterocycles. The Hall–Kier alpha value is -1.81. The number of alkyl halides is 3. The Morgan fingerprint density at radius 1 is 0.864 bits per heavy atom. The molecule has 0 saturated carbocycles. The Morgan fingerprint density at radius 2 is 1.41 bits per heavy atom. The number of benzene rings is 2. The molecule has 4 heteroatoms. The molecule has 3 rings (SSSR count). The van der Waals surface area contributed by atoms with Crippen molar-refractivity contribution in [3.05, 3.63) is 57.6 Å². The highest BCUT2D eigenvalue weighted by atomic mass is 19.4. The Kier molecular flexibility index (Phi) is 2.99. The Morgan fingerprint density at radius 3 is 2.00 bits per heavy atom. The molecule has 1 unspecified atom stereocenters. The number of aliphatic hydroxyl groups is 1. The number of halogens is 3. The highest BCUT2D eigenvalue weighted by Crippen LogP contribution is 2.57. The van der Waals surface area contributed by atoms with Crippen LogP contribution in [0.2, 0.25) is 0 Å². The second-order valence-corrected chi connectivity index (χ2v) is 6.00. The third kappa shape index (κ3) is 1.59. The molecule has 0 saturated heterocycles. The maximum absolute atomic E-state index is 13.8. The van der Waals surface area contributed by atoms with Crippen molar-refractivity contribution >= 4 is 0 Å². The van der Waals surface area contributed by atoms with Gasteiger partial charge in [0.1, 0.15) is 0 Å². The maximum Gasteiger partial charge on any atom is 0.425 e. The highest BCUT2D eigenvalue weighted by Gasteiger charge is 2.61. The minimum absolute atomic E-state index is 0.0122. The van der Waals surface area contributed by atoms with E-state index in [1.165, 1.54) is 12.1 Å². The first-order chi connectivity index (χ1) is 10.1. The molecule has 1 aliphatic rings. The lowest BCUT2D eigenvalue weighted by atomic mass is 9.83. The lowest BCUT2D eigenvalue weighted by Crippen LogP contribution is -2.42. The van der Waals surface area contributed by atoms with E-state index in [-0.39, 0.29) is 11.1 Å². The molecular formula is C18H17F3O. The van der Waals surface area contributed by atoms with Gasteiger partial charge in [-0.2, -0.15) is 13.2 Å². The van der Waals surface area contributed by atoms with E-state index in [9.17, 15) is 18.3 Å². The van der Waals surface area contributed by atoms with Gasteiger partial charge in [-0.1, -0.05) is 24.3 Å². The number of rotatable bonds is 0. The van der Waals surface area contributed by atoms with Gasteiger partial charge in [0.2, 0.25) is 5.60 Å². The fraction of sp³-hybridized carbons (Fsp3) is 0.333. The molecule has 0 radical (unpaired) electrons. The van der Waals surface area contributed by atoms with Crippen molar-refractivity contribution < 1.29 is 18.3 Å². The molecule has 1 aliphatic carbocycles. The minimum Gasteiger partial charge on any atom is -0.372 e. The fourth-order valence-electron chi connectivity index (χ4n) is 3.55. The van der Waals surface area contributed by atoms with E-state index in [0.29, 0.717) is 16.7 Å². The molecule has 116 valence electrons. The molecule has 0 heterocycles. The number of hydrogen-bond acceptors (Lipinski definition) is 1. The van der Waals surface area contributed by atoms with E-state index >= 15 is 0 Å². The molecule has 0 aromatic heterocycles. The third-order valence-electron chi connectivity index (χ3n) is 5.05. The van der Waals surface area contributed by atoms with Gasteiger partial charge in [-0.05, 0) is 61.1 Å². The van der Waals surface area contributed by atoms with E-state index in [0.717, 1.165) is 16.7 Å². The summed E-state index contributed by atoms with van der Waals surface area (Å²) in [5.74, 6) is 0. The summed E-state index contributed by atoms with van der Waals surface area (Å²) in [5, 5.41) is 10.7. The lowest BCUT2D eigenvalue weighted by molar-refractivity contribution is -0.247. The fourth-order valence-corrected chi connectivity index (χ4v) is 3.55. The van der Waals surface area contributed by atoms with Crippen molar-refractivity contribution in [3.63, 3.8) is 0 Å². The Bertz CT molecular complexity index is 790. The zero-order valence-electron chi connectivity index (χ0n) is 12.9. The monoisotopic (exact) mass is 306 g/mol. The van der Waals surface area contributed by atoms with Gasteiger partial charge in [-0.25, -0.2) is 0 Å². The molecule has 0 amide bonds. The van der Waals surface area contributed by atoms with Crippen LogP contribution in [0.1, 0.15) is 33.4 Å². The zero-order valence-corrected chi connectivity index (χ0v) is 12.9. The van der Waals surface area contributed by atoms with Gasteiger partial charge in [-0.15, -0.1) is 0 Å². The normalized spacial score (nSPS) is 20.0. The van der Waals surface area contributed by atoms with Crippen molar-refractivity contribution in [1.82, 2.24) is 0 Å². The van der Waals surface area contributed by atoms with Gasteiger partial charge in [0.15, 0.2) is 0 Å². The van der Waals surface area contributed by atoms with E-state index in [1.54, 1.807) is 26.0 Å². The average Bonchev–Trinajstić information content (AvgIpc) is 2.74. The summed E-state index contributed by atoms with van der Waals surface area (Å²) in [7, 11) is 0. The van der Waals surface area contributed by atoms with Crippen LogP contribution < -0.4 is 0 Å². The highest BCUT2D eigenvalue weighted by molar-refractivity contribution is 5.85. The van der Waals surface area contributed by atoms with Crippen LogP contribution in [0.25, 0.3) is 11.1 Å². The summed E-state index contributed by atoms with van der Waals surface area (Å²) < 4.78 is 41.4. The standard InChI is InChI=1S/C18H17F3O/c1-9-10(2)12(4)16-15(11(9)3)13-7-5-6-8-14(13)17(16,22)18(19,20)21/h5-8,22H,1-4H3. The third-order valence-corrected chi connectivity index (χ3v) is 5.05. The van der Waals surface area contributed by atoms with Gasteiger partial charge in [0.05, 0.1) is 0 Å². The van der Waals surface area contributed by atoms with Crippen LogP contribution >= 0.6 is 0 Å². The molecule has 22 heavy (non-hydrogen) atoms. The van der Waals surface area contributed by atoms with Crippen LogP contribution in [-0.4, -0.2) is 11.3 Å². The number of hydrogen-bond donors (Lipinski definition) is 1. The SMILES string of the molecule is Cc1c(C)c(C)c2c(c1C)-c1ccccc1C2(O)C(F)(F)F. The topological polar surface area (TPSA) is 20.2 Å². The van der Waals surface area contributed by atoms with Crippen molar-refractivity contribution in [2.75, 3.05) is 0 Å². The predicted octanol–water partition coefficient (Wildman–Crippen LogP) is 4.70. The quantitative estimate of drug-likeness (QED) is 0.748. The van der Waals surface area contributed by atoms with Crippen molar-refractivity contribution in [2.24, 2.45) is 0 Å². The van der Waals surface area contributed by atoms with Gasteiger partial charge in [0.25, 0.3) is 0 Å². The molecule has 2 aromatic carbocycles. The lowest BCUT2D eigenvalue weighted by Gasteiger charge is -2.30. The largest absolute Gasteiger partial charge is 0.425 e. The van der Waals surface area contributed by atoms with Crippen LogP contribution in [0.5, 0.6) is 0 Å². The minimum atomic E-state index is -4.77. The van der Waals surface area contributed by atoms with E-state index < -0.39 is 11.8 Å². The first kappa shape index (κ1) is 15.1. The zero-order chi connectivity index (χ0) is 16.4. The van der Waals surface area contributed by atoms with E-state index in [1.807, 2.05) is 13.8 Å². The van der Waals surface area contributed by atoms with Crippen LogP contribution in [0.4, 0.5) is 13.2 Å². The molecule has 1 atom stereocenters. The first-order valence-electron chi connectivity index (χ1n) is 7.12. The van der Waals surface area contributed by atoms with Crippen LogP contribution in [-0.2, 0) is 5.60 Å². The van der Waals surface area contributed by atoms with Crippen molar-refractivity contribution in [2.45, 2.75) is 39.5 Å². The summed E-state index contributed by atoms with van der Waals surface area (Å²) in [6.45, 7) is 7.19. The first-order valence-corrected chi connectivity index (χ1v) is 7.12. The van der Waals surface area contributed by atoms with E-state index in [4.69, 9.17) is 0 Å². The van der Waals surface area contributed by atoms with Crippen molar-refractivity contribution in [1.29, 1.82) is 0 Å². The number of fused-ring (bicyclic) bond motifs is 3. The average molecular weight is 306 g/mol. The summed E-state index contributed by atoms with van der Waals surface area (Å²) in [6, 6.07) is 6.26. The molecule has 1 N–H and O–H groups in total. The van der Waals surface area contributed by atoms with Crippen LogP contribution in [0, 0.1) is 27.7 Å². The van der Waals surface area contributed by atoms with Crippen molar-refractivity contribution in [3.8, 4) is 11.1 Å². The summed E-state index contributed by atoms with van der Waals surface area (Å²) in [6.07, 6.45) is -4.77. The molecule has 1 nitrogen and oxygen atoms in total. The van der Waals surface area contributed by atoms with Gasteiger partial charge in [0, 0.05) is 11.1 Å². The molecule has 0 bridgehead atoms. The second kappa shape index (κ2) is 4.35. The van der Waals surface area contributed by atoms with Gasteiger partial charge in [-0.3, -0.25) is 0 Å². The maximum atomic E-state index is 13.8. The van der Waals surface area contributed by atoms with Gasteiger partial charge < -0.3 is 5.11 Å².